The van der Waals surface area contributed by atoms with E-state index in [0.717, 1.165) is 0 Å². The van der Waals surface area contributed by atoms with E-state index in [4.69, 9.17) is 10.2 Å². The van der Waals surface area contributed by atoms with Gasteiger partial charge in [-0.15, -0.1) is 0 Å². The number of carbonyl (C=O) groups is 2. The summed E-state index contributed by atoms with van der Waals surface area (Å²) >= 11 is 0. The standard InChI is InChI=1S/C11H11NO6/c13-10(14)5-8(6-11(15)16)7-2-1-3-9(4-7)12(17)18/h1-4,8H,5-6H2,(H,13,14)(H,15,16). The van der Waals surface area contributed by atoms with E-state index in [1.54, 1.807) is 0 Å². The van der Waals surface area contributed by atoms with Crippen molar-refractivity contribution in [3.8, 4) is 0 Å². The molecule has 1 rings (SSSR count). The number of rotatable bonds is 6. The van der Waals surface area contributed by atoms with Gasteiger partial charge < -0.3 is 10.2 Å². The molecule has 0 heterocycles. The van der Waals surface area contributed by atoms with Crippen LogP contribution < -0.4 is 0 Å². The molecule has 0 unspecified atom stereocenters. The highest BCUT2D eigenvalue weighted by Gasteiger charge is 2.20. The summed E-state index contributed by atoms with van der Waals surface area (Å²) in [5.41, 5.74) is 0.155. The molecule has 0 aromatic heterocycles. The first-order valence-electron chi connectivity index (χ1n) is 5.08. The number of hydrogen-bond acceptors (Lipinski definition) is 4. The monoisotopic (exact) mass is 253 g/mol. The number of nitro groups is 1. The Balaban J connectivity index is 3.03. The molecule has 0 aliphatic rings. The van der Waals surface area contributed by atoms with Gasteiger partial charge in [0.25, 0.3) is 5.69 Å². The molecule has 0 amide bonds. The molecule has 1 aromatic carbocycles. The van der Waals surface area contributed by atoms with Gasteiger partial charge in [0.1, 0.15) is 0 Å². The lowest BCUT2D eigenvalue weighted by Crippen LogP contribution is -2.11. The van der Waals surface area contributed by atoms with Crippen LogP contribution in [0.2, 0.25) is 0 Å². The van der Waals surface area contributed by atoms with Crippen molar-refractivity contribution in [3.05, 3.63) is 39.9 Å². The molecule has 0 saturated heterocycles. The Kier molecular flexibility index (Phi) is 4.36. The molecule has 1 aromatic rings. The summed E-state index contributed by atoms with van der Waals surface area (Å²) in [7, 11) is 0. The van der Waals surface area contributed by atoms with Gasteiger partial charge in [0, 0.05) is 18.1 Å². The van der Waals surface area contributed by atoms with Crippen LogP contribution in [0.3, 0.4) is 0 Å². The predicted octanol–water partition coefficient (Wildman–Crippen LogP) is 1.63. The van der Waals surface area contributed by atoms with Gasteiger partial charge in [-0.05, 0) is 5.56 Å². The van der Waals surface area contributed by atoms with E-state index in [-0.39, 0.29) is 18.5 Å². The first-order chi connectivity index (χ1) is 8.40. The van der Waals surface area contributed by atoms with Crippen LogP contribution >= 0.6 is 0 Å². The van der Waals surface area contributed by atoms with Crippen LogP contribution in [-0.4, -0.2) is 27.1 Å². The third-order valence-corrected chi connectivity index (χ3v) is 2.39. The Hall–Kier alpha value is -2.44. The van der Waals surface area contributed by atoms with Gasteiger partial charge in [0.2, 0.25) is 0 Å². The van der Waals surface area contributed by atoms with E-state index in [0.29, 0.717) is 5.56 Å². The molecule has 0 radical (unpaired) electrons. The van der Waals surface area contributed by atoms with Gasteiger partial charge in [-0.2, -0.15) is 0 Å². The van der Waals surface area contributed by atoms with E-state index < -0.39 is 22.8 Å². The van der Waals surface area contributed by atoms with Gasteiger partial charge in [-0.3, -0.25) is 19.7 Å². The minimum Gasteiger partial charge on any atom is -0.481 e. The molecule has 0 fully saturated rings. The van der Waals surface area contributed by atoms with Crippen molar-refractivity contribution in [2.75, 3.05) is 0 Å². The minimum atomic E-state index is -1.15. The molecule has 2 N–H and O–H groups in total. The van der Waals surface area contributed by atoms with E-state index in [1.165, 1.54) is 24.3 Å². The van der Waals surface area contributed by atoms with Crippen molar-refractivity contribution < 1.29 is 24.7 Å². The molecule has 96 valence electrons. The molecule has 0 saturated carbocycles. The number of carboxylic acids is 2. The second kappa shape index (κ2) is 5.76. The van der Waals surface area contributed by atoms with Crippen molar-refractivity contribution in [1.29, 1.82) is 0 Å². The fourth-order valence-electron chi connectivity index (χ4n) is 1.62. The number of benzene rings is 1. The predicted molar refractivity (Wildman–Crippen MR) is 60.3 cm³/mol. The number of aliphatic carboxylic acids is 2. The molecular formula is C11H11NO6. The van der Waals surface area contributed by atoms with E-state index in [1.807, 2.05) is 0 Å². The van der Waals surface area contributed by atoms with Crippen LogP contribution in [0.15, 0.2) is 24.3 Å². The molecule has 0 atom stereocenters. The SMILES string of the molecule is O=C(O)CC(CC(=O)O)c1cccc([N+](=O)[O-])c1. The highest BCUT2D eigenvalue weighted by molar-refractivity contribution is 5.72. The summed E-state index contributed by atoms with van der Waals surface area (Å²) in [6.45, 7) is 0. The Morgan fingerprint density at radius 3 is 2.22 bits per heavy atom. The number of hydrogen-bond donors (Lipinski definition) is 2. The van der Waals surface area contributed by atoms with Crippen LogP contribution in [0.25, 0.3) is 0 Å². The normalized spacial score (nSPS) is 10.3. The van der Waals surface area contributed by atoms with Crippen molar-refractivity contribution in [1.82, 2.24) is 0 Å². The molecule has 0 aliphatic carbocycles. The van der Waals surface area contributed by atoms with Crippen molar-refractivity contribution >= 4 is 17.6 Å². The summed E-state index contributed by atoms with van der Waals surface area (Å²) in [6.07, 6.45) is -0.763. The number of nitro benzene ring substituents is 1. The molecular weight excluding hydrogens is 242 g/mol. The van der Waals surface area contributed by atoms with Crippen LogP contribution in [0, 0.1) is 10.1 Å². The van der Waals surface area contributed by atoms with E-state index in [2.05, 4.69) is 0 Å². The van der Waals surface area contributed by atoms with Crippen LogP contribution in [0.1, 0.15) is 24.3 Å². The maximum Gasteiger partial charge on any atom is 0.303 e. The summed E-state index contributed by atoms with van der Waals surface area (Å²) in [6, 6.07) is 5.37. The number of nitrogens with zero attached hydrogens (tertiary/aromatic N) is 1. The Labute approximate surface area is 102 Å². The molecule has 7 nitrogen and oxygen atoms in total. The van der Waals surface area contributed by atoms with Crippen molar-refractivity contribution in [2.45, 2.75) is 18.8 Å². The van der Waals surface area contributed by atoms with E-state index >= 15 is 0 Å². The molecule has 0 aliphatic heterocycles. The van der Waals surface area contributed by atoms with Crippen molar-refractivity contribution in [3.63, 3.8) is 0 Å². The Bertz CT molecular complexity index is 468. The second-order valence-electron chi connectivity index (χ2n) is 3.74. The highest BCUT2D eigenvalue weighted by atomic mass is 16.6. The smallest absolute Gasteiger partial charge is 0.303 e. The van der Waals surface area contributed by atoms with Crippen LogP contribution in [0.5, 0.6) is 0 Å². The summed E-state index contributed by atoms with van der Waals surface area (Å²) in [4.78, 5) is 31.3. The fourth-order valence-corrected chi connectivity index (χ4v) is 1.62. The highest BCUT2D eigenvalue weighted by Crippen LogP contribution is 2.26. The Morgan fingerprint density at radius 2 is 1.78 bits per heavy atom. The van der Waals surface area contributed by atoms with E-state index in [9.17, 15) is 19.7 Å². The minimum absolute atomic E-state index is 0.187. The quantitative estimate of drug-likeness (QED) is 0.587. The lowest BCUT2D eigenvalue weighted by molar-refractivity contribution is -0.384. The average Bonchev–Trinajstić information content (AvgIpc) is 2.27. The van der Waals surface area contributed by atoms with Gasteiger partial charge in [0.15, 0.2) is 0 Å². The topological polar surface area (TPSA) is 118 Å². The first-order valence-corrected chi connectivity index (χ1v) is 5.08. The van der Waals surface area contributed by atoms with Gasteiger partial charge in [-0.1, -0.05) is 12.1 Å². The average molecular weight is 253 g/mol. The van der Waals surface area contributed by atoms with Crippen molar-refractivity contribution in [2.24, 2.45) is 0 Å². The van der Waals surface area contributed by atoms with Gasteiger partial charge in [0.05, 0.1) is 17.8 Å². The molecule has 18 heavy (non-hydrogen) atoms. The zero-order valence-corrected chi connectivity index (χ0v) is 9.28. The molecule has 7 heteroatoms. The largest absolute Gasteiger partial charge is 0.481 e. The number of carboxylic acid groups (broad SMARTS) is 2. The second-order valence-corrected chi connectivity index (χ2v) is 3.74. The first kappa shape index (κ1) is 13.6. The summed E-state index contributed by atoms with van der Waals surface area (Å²) in [5, 5.41) is 28.0. The fraction of sp³-hybridized carbons (Fsp3) is 0.273. The maximum atomic E-state index is 10.7. The lowest BCUT2D eigenvalue weighted by atomic mass is 9.92. The zero-order valence-electron chi connectivity index (χ0n) is 9.28. The van der Waals surface area contributed by atoms with Gasteiger partial charge in [-0.25, -0.2) is 0 Å². The zero-order chi connectivity index (χ0) is 13.7. The molecule has 0 spiro atoms. The third kappa shape index (κ3) is 3.85. The molecule has 0 bridgehead atoms. The van der Waals surface area contributed by atoms with Crippen LogP contribution in [-0.2, 0) is 9.59 Å². The maximum absolute atomic E-state index is 10.7. The van der Waals surface area contributed by atoms with Crippen LogP contribution in [0.4, 0.5) is 5.69 Å². The number of non-ortho nitro benzene ring substituents is 1. The lowest BCUT2D eigenvalue weighted by Gasteiger charge is -2.12. The third-order valence-electron chi connectivity index (χ3n) is 2.39. The Morgan fingerprint density at radius 1 is 1.22 bits per heavy atom. The summed E-state index contributed by atoms with van der Waals surface area (Å²) in [5.74, 6) is -3.07. The summed E-state index contributed by atoms with van der Waals surface area (Å²) < 4.78 is 0. The van der Waals surface area contributed by atoms with Gasteiger partial charge >= 0.3 is 11.9 Å².